The first-order chi connectivity index (χ1) is 8.60. The van der Waals surface area contributed by atoms with Gasteiger partial charge in [-0.2, -0.15) is 11.8 Å². The van der Waals surface area contributed by atoms with Crippen molar-refractivity contribution in [2.45, 2.75) is 30.6 Å². The van der Waals surface area contributed by atoms with Gasteiger partial charge >= 0.3 is 0 Å². The molecule has 18 heavy (non-hydrogen) atoms. The van der Waals surface area contributed by atoms with Crippen molar-refractivity contribution in [3.63, 3.8) is 0 Å². The van der Waals surface area contributed by atoms with Crippen LogP contribution in [0.5, 0.6) is 0 Å². The molecule has 1 fully saturated rings. The molecule has 2 nitrogen and oxygen atoms in total. The fraction of sp³-hybridized carbons (Fsp3) is 0.462. The lowest BCUT2D eigenvalue weighted by atomic mass is 10.2. The van der Waals surface area contributed by atoms with E-state index in [2.05, 4.69) is 27.5 Å². The second-order valence-electron chi connectivity index (χ2n) is 4.57. The van der Waals surface area contributed by atoms with E-state index in [1.807, 2.05) is 30.0 Å². The number of rotatable bonds is 4. The van der Waals surface area contributed by atoms with Crippen LogP contribution in [0.3, 0.4) is 0 Å². The van der Waals surface area contributed by atoms with Crippen LogP contribution < -0.4 is 11.1 Å². The first kappa shape index (κ1) is 14.2. The maximum absolute atomic E-state index is 5.62. The van der Waals surface area contributed by atoms with Crippen molar-refractivity contribution in [1.82, 2.24) is 0 Å². The van der Waals surface area contributed by atoms with E-state index in [4.69, 9.17) is 18.0 Å². The summed E-state index contributed by atoms with van der Waals surface area (Å²) in [4.78, 5) is 0.436. The lowest BCUT2D eigenvalue weighted by Crippen LogP contribution is -2.16. The van der Waals surface area contributed by atoms with Crippen LogP contribution in [0.25, 0.3) is 0 Å². The van der Waals surface area contributed by atoms with E-state index in [1.54, 1.807) is 0 Å². The van der Waals surface area contributed by atoms with E-state index >= 15 is 0 Å². The number of hydrogen-bond acceptors (Lipinski definition) is 3. The largest absolute Gasteiger partial charge is 0.389 e. The molecule has 3 N–H and O–H groups in total. The van der Waals surface area contributed by atoms with Crippen LogP contribution in [0.2, 0.25) is 0 Å². The van der Waals surface area contributed by atoms with Crippen molar-refractivity contribution in [3.8, 4) is 0 Å². The Hall–Kier alpha value is -0.260. The fourth-order valence-corrected chi connectivity index (χ4v) is 3.71. The molecule has 1 saturated carbocycles. The van der Waals surface area contributed by atoms with Crippen molar-refractivity contribution in [2.24, 2.45) is 5.73 Å². The van der Waals surface area contributed by atoms with Crippen LogP contribution in [0, 0.1) is 0 Å². The van der Waals surface area contributed by atoms with Gasteiger partial charge in [-0.05, 0) is 59.6 Å². The van der Waals surface area contributed by atoms with Crippen molar-refractivity contribution in [2.75, 3.05) is 11.6 Å². The third kappa shape index (κ3) is 3.39. The first-order valence-electron chi connectivity index (χ1n) is 5.99. The van der Waals surface area contributed by atoms with E-state index in [9.17, 15) is 0 Å². The molecule has 1 aromatic rings. The van der Waals surface area contributed by atoms with Gasteiger partial charge < -0.3 is 11.1 Å². The highest BCUT2D eigenvalue weighted by atomic mass is 79.9. The molecular weight excluding hydrogens is 328 g/mol. The maximum atomic E-state index is 5.62. The smallest absolute Gasteiger partial charge is 0.104 e. The molecule has 0 aliphatic heterocycles. The zero-order valence-electron chi connectivity index (χ0n) is 10.3. The second-order valence-corrected chi connectivity index (χ2v) is 7.00. The number of nitrogens with one attached hydrogen (secondary N) is 1. The van der Waals surface area contributed by atoms with Gasteiger partial charge in [0, 0.05) is 27.0 Å². The molecular formula is C13H17BrN2S2. The van der Waals surface area contributed by atoms with Gasteiger partial charge in [0.1, 0.15) is 4.99 Å². The summed E-state index contributed by atoms with van der Waals surface area (Å²) in [6.45, 7) is 0. The summed E-state index contributed by atoms with van der Waals surface area (Å²) in [7, 11) is 0. The summed E-state index contributed by atoms with van der Waals surface area (Å²) >= 11 is 10.5. The third-order valence-corrected chi connectivity index (χ3v) is 5.32. The Balaban J connectivity index is 2.04. The zero-order chi connectivity index (χ0) is 13.1. The number of thiocarbonyl (C=S) groups is 1. The SMILES string of the molecule is CSC1CCC(Nc2ccc(C(N)=S)cc2Br)C1. The zero-order valence-corrected chi connectivity index (χ0v) is 13.5. The average molecular weight is 345 g/mol. The van der Waals surface area contributed by atoms with E-state index in [-0.39, 0.29) is 0 Å². The van der Waals surface area contributed by atoms with Gasteiger partial charge in [0.2, 0.25) is 0 Å². The number of thioether (sulfide) groups is 1. The van der Waals surface area contributed by atoms with Gasteiger partial charge in [-0.25, -0.2) is 0 Å². The molecule has 2 unspecified atom stereocenters. The molecule has 0 bridgehead atoms. The Morgan fingerprint density at radius 1 is 1.50 bits per heavy atom. The monoisotopic (exact) mass is 344 g/mol. The molecule has 1 aliphatic carbocycles. The first-order valence-corrected chi connectivity index (χ1v) is 8.47. The molecule has 0 saturated heterocycles. The van der Waals surface area contributed by atoms with Gasteiger partial charge in [-0.15, -0.1) is 0 Å². The Morgan fingerprint density at radius 2 is 2.28 bits per heavy atom. The molecule has 0 spiro atoms. The van der Waals surface area contributed by atoms with Gasteiger partial charge in [0.25, 0.3) is 0 Å². The summed E-state index contributed by atoms with van der Waals surface area (Å²) in [6.07, 6.45) is 5.99. The van der Waals surface area contributed by atoms with Crippen molar-refractivity contribution >= 4 is 50.6 Å². The van der Waals surface area contributed by atoms with Gasteiger partial charge in [-0.3, -0.25) is 0 Å². The number of hydrogen-bond donors (Lipinski definition) is 2. The molecule has 1 aromatic carbocycles. The molecule has 0 radical (unpaired) electrons. The minimum Gasteiger partial charge on any atom is -0.389 e. The van der Waals surface area contributed by atoms with Crippen LogP contribution in [0.1, 0.15) is 24.8 Å². The number of halogens is 1. The minimum atomic E-state index is 0.436. The standard InChI is InChI=1S/C13H17BrN2S2/c1-18-10-4-3-9(7-10)16-12-5-2-8(13(15)17)6-11(12)14/h2,5-6,9-10,16H,3-4,7H2,1H3,(H2,15,17). The van der Waals surface area contributed by atoms with E-state index in [0.717, 1.165) is 21.0 Å². The second kappa shape index (κ2) is 6.26. The minimum absolute atomic E-state index is 0.436. The highest BCUT2D eigenvalue weighted by Crippen LogP contribution is 2.32. The van der Waals surface area contributed by atoms with Crippen LogP contribution in [-0.4, -0.2) is 22.5 Å². The lowest BCUT2D eigenvalue weighted by Gasteiger charge is -2.16. The highest BCUT2D eigenvalue weighted by molar-refractivity contribution is 9.10. The fourth-order valence-electron chi connectivity index (χ4n) is 2.29. The molecule has 2 atom stereocenters. The van der Waals surface area contributed by atoms with E-state index in [0.29, 0.717) is 11.0 Å². The summed E-state index contributed by atoms with van der Waals surface area (Å²) in [5.74, 6) is 0. The predicted octanol–water partition coefficient (Wildman–Crippen LogP) is 3.78. The summed E-state index contributed by atoms with van der Waals surface area (Å²) < 4.78 is 1.03. The Bertz CT molecular complexity index is 451. The van der Waals surface area contributed by atoms with Crippen molar-refractivity contribution in [3.05, 3.63) is 28.2 Å². The number of nitrogens with two attached hydrogens (primary N) is 1. The van der Waals surface area contributed by atoms with Gasteiger partial charge in [0.05, 0.1) is 0 Å². The summed E-state index contributed by atoms with van der Waals surface area (Å²) in [6, 6.07) is 6.57. The van der Waals surface area contributed by atoms with Crippen molar-refractivity contribution in [1.29, 1.82) is 0 Å². The molecule has 0 heterocycles. The predicted molar refractivity (Wildman–Crippen MR) is 88.6 cm³/mol. The van der Waals surface area contributed by atoms with Gasteiger partial charge in [-0.1, -0.05) is 12.2 Å². The van der Waals surface area contributed by atoms with Crippen LogP contribution >= 0.6 is 39.9 Å². The normalized spacial score (nSPS) is 23.0. The average Bonchev–Trinajstić information content (AvgIpc) is 2.79. The maximum Gasteiger partial charge on any atom is 0.104 e. The Kier molecular flexibility index (Phi) is 4.92. The highest BCUT2D eigenvalue weighted by Gasteiger charge is 2.24. The number of benzene rings is 1. The third-order valence-electron chi connectivity index (χ3n) is 3.33. The van der Waals surface area contributed by atoms with Crippen LogP contribution in [0.4, 0.5) is 5.69 Å². The molecule has 0 aromatic heterocycles. The van der Waals surface area contributed by atoms with Crippen LogP contribution in [0.15, 0.2) is 22.7 Å². The lowest BCUT2D eigenvalue weighted by molar-refractivity contribution is 0.756. The van der Waals surface area contributed by atoms with Crippen molar-refractivity contribution < 1.29 is 0 Å². The van der Waals surface area contributed by atoms with Gasteiger partial charge in [0.15, 0.2) is 0 Å². The summed E-state index contributed by atoms with van der Waals surface area (Å²) in [5.41, 5.74) is 7.65. The summed E-state index contributed by atoms with van der Waals surface area (Å²) in [5, 5.41) is 4.40. The Labute approximate surface area is 126 Å². The quantitative estimate of drug-likeness (QED) is 0.815. The molecule has 98 valence electrons. The molecule has 2 rings (SSSR count). The number of anilines is 1. The van der Waals surface area contributed by atoms with Crippen LogP contribution in [-0.2, 0) is 0 Å². The van der Waals surface area contributed by atoms with E-state index < -0.39 is 0 Å². The topological polar surface area (TPSA) is 38.0 Å². The molecule has 5 heteroatoms. The van der Waals surface area contributed by atoms with E-state index in [1.165, 1.54) is 19.3 Å². The molecule has 0 amide bonds. The Morgan fingerprint density at radius 3 is 2.83 bits per heavy atom. The molecule has 1 aliphatic rings.